The van der Waals surface area contributed by atoms with Crippen LogP contribution in [0.25, 0.3) is 0 Å². The lowest BCUT2D eigenvalue weighted by Crippen LogP contribution is -2.31. The van der Waals surface area contributed by atoms with Gasteiger partial charge in [-0.1, -0.05) is 25.8 Å². The molecule has 0 fully saturated rings. The summed E-state index contributed by atoms with van der Waals surface area (Å²) < 4.78 is 9.89. The molecule has 0 saturated heterocycles. The highest BCUT2D eigenvalue weighted by Gasteiger charge is 2.20. The number of thiophene rings is 1. The van der Waals surface area contributed by atoms with Crippen molar-refractivity contribution in [2.24, 2.45) is 0 Å². The van der Waals surface area contributed by atoms with Gasteiger partial charge in [-0.25, -0.2) is 9.78 Å². The molecule has 0 radical (unpaired) electrons. The molecule has 0 aromatic carbocycles. The number of esters is 1. The van der Waals surface area contributed by atoms with Gasteiger partial charge in [-0.05, 0) is 17.9 Å². The van der Waals surface area contributed by atoms with Gasteiger partial charge in [0.15, 0.2) is 5.69 Å². The van der Waals surface area contributed by atoms with Gasteiger partial charge < -0.3 is 14.1 Å². The SMILES string of the molecule is CCCCCN(Cc1nc(C(=O)OC)co1)C(=O)c1cccs1. The lowest BCUT2D eigenvalue weighted by molar-refractivity contribution is 0.0594. The zero-order chi connectivity index (χ0) is 16.7. The van der Waals surface area contributed by atoms with Crippen LogP contribution in [-0.2, 0) is 11.3 Å². The number of unbranched alkanes of at least 4 members (excludes halogenated alkanes) is 2. The largest absolute Gasteiger partial charge is 0.464 e. The van der Waals surface area contributed by atoms with E-state index < -0.39 is 5.97 Å². The summed E-state index contributed by atoms with van der Waals surface area (Å²) in [5.74, 6) is -0.275. The Morgan fingerprint density at radius 2 is 2.22 bits per heavy atom. The first-order chi connectivity index (χ1) is 11.2. The molecule has 0 saturated carbocycles. The third-order valence-electron chi connectivity index (χ3n) is 3.32. The van der Waals surface area contributed by atoms with Gasteiger partial charge in [0.05, 0.1) is 18.5 Å². The summed E-state index contributed by atoms with van der Waals surface area (Å²) in [6, 6.07) is 3.65. The lowest BCUT2D eigenvalue weighted by Gasteiger charge is -2.20. The molecule has 0 unspecified atom stereocenters. The van der Waals surface area contributed by atoms with Crippen molar-refractivity contribution < 1.29 is 18.7 Å². The number of ether oxygens (including phenoxy) is 1. The van der Waals surface area contributed by atoms with Crippen LogP contribution in [0.15, 0.2) is 28.2 Å². The van der Waals surface area contributed by atoms with Gasteiger partial charge in [-0.2, -0.15) is 0 Å². The van der Waals surface area contributed by atoms with E-state index in [-0.39, 0.29) is 18.1 Å². The van der Waals surface area contributed by atoms with E-state index in [0.717, 1.165) is 19.3 Å². The minimum Gasteiger partial charge on any atom is -0.464 e. The summed E-state index contributed by atoms with van der Waals surface area (Å²) >= 11 is 1.41. The molecule has 0 atom stereocenters. The molecule has 6 nitrogen and oxygen atoms in total. The number of carbonyl (C=O) groups is 2. The molecular formula is C16H20N2O4S. The number of amides is 1. The van der Waals surface area contributed by atoms with Gasteiger partial charge in [-0.15, -0.1) is 11.3 Å². The van der Waals surface area contributed by atoms with E-state index in [1.807, 2.05) is 11.4 Å². The van der Waals surface area contributed by atoms with Crippen molar-refractivity contribution in [3.05, 3.63) is 40.2 Å². The predicted molar refractivity (Wildman–Crippen MR) is 86.4 cm³/mol. The number of rotatable bonds is 8. The summed E-state index contributed by atoms with van der Waals surface area (Å²) in [5, 5.41) is 1.87. The molecule has 1 amide bonds. The Labute approximate surface area is 139 Å². The van der Waals surface area contributed by atoms with Crippen molar-refractivity contribution in [3.63, 3.8) is 0 Å². The van der Waals surface area contributed by atoms with Crippen LogP contribution in [0.2, 0.25) is 0 Å². The first kappa shape index (κ1) is 17.2. The van der Waals surface area contributed by atoms with Gasteiger partial charge in [0.2, 0.25) is 5.89 Å². The Bertz CT molecular complexity index is 636. The van der Waals surface area contributed by atoms with Crippen LogP contribution in [-0.4, -0.2) is 35.4 Å². The monoisotopic (exact) mass is 336 g/mol. The molecule has 0 aliphatic heterocycles. The van der Waals surface area contributed by atoms with Gasteiger partial charge >= 0.3 is 5.97 Å². The number of hydrogen-bond donors (Lipinski definition) is 0. The second kappa shape index (κ2) is 8.47. The predicted octanol–water partition coefficient (Wildman–Crippen LogP) is 3.36. The molecule has 0 N–H and O–H groups in total. The number of oxazole rings is 1. The lowest BCUT2D eigenvalue weighted by atomic mass is 10.2. The molecule has 0 spiro atoms. The maximum Gasteiger partial charge on any atom is 0.360 e. The highest BCUT2D eigenvalue weighted by molar-refractivity contribution is 7.12. The normalized spacial score (nSPS) is 10.5. The topological polar surface area (TPSA) is 72.6 Å². The Kier molecular flexibility index (Phi) is 6.34. The average Bonchev–Trinajstić information content (AvgIpc) is 3.24. The van der Waals surface area contributed by atoms with E-state index in [9.17, 15) is 9.59 Å². The van der Waals surface area contributed by atoms with Crippen molar-refractivity contribution in [1.29, 1.82) is 0 Å². The fourth-order valence-corrected chi connectivity index (χ4v) is 2.80. The summed E-state index contributed by atoms with van der Waals surface area (Å²) in [7, 11) is 1.29. The number of aromatic nitrogens is 1. The Morgan fingerprint density at radius 3 is 2.87 bits per heavy atom. The van der Waals surface area contributed by atoms with E-state index in [2.05, 4.69) is 16.6 Å². The average molecular weight is 336 g/mol. The second-order valence-corrected chi connectivity index (χ2v) is 5.98. The maximum atomic E-state index is 12.6. The van der Waals surface area contributed by atoms with Gasteiger partial charge in [0.1, 0.15) is 6.26 Å². The van der Waals surface area contributed by atoms with E-state index in [0.29, 0.717) is 17.3 Å². The Hall–Kier alpha value is -2.15. The van der Waals surface area contributed by atoms with Crippen molar-refractivity contribution in [2.45, 2.75) is 32.7 Å². The van der Waals surface area contributed by atoms with Crippen LogP contribution in [0.5, 0.6) is 0 Å². The minimum atomic E-state index is -0.554. The van der Waals surface area contributed by atoms with E-state index >= 15 is 0 Å². The maximum absolute atomic E-state index is 12.6. The van der Waals surface area contributed by atoms with E-state index in [4.69, 9.17) is 4.42 Å². The quantitative estimate of drug-likeness (QED) is 0.546. The van der Waals surface area contributed by atoms with Crippen molar-refractivity contribution in [3.8, 4) is 0 Å². The van der Waals surface area contributed by atoms with Crippen LogP contribution < -0.4 is 0 Å². The fraction of sp³-hybridized carbons (Fsp3) is 0.438. The molecule has 124 valence electrons. The first-order valence-electron chi connectivity index (χ1n) is 7.51. The third-order valence-corrected chi connectivity index (χ3v) is 4.18. The molecule has 2 aromatic heterocycles. The number of carbonyl (C=O) groups excluding carboxylic acids is 2. The highest BCUT2D eigenvalue weighted by Crippen LogP contribution is 2.16. The van der Waals surface area contributed by atoms with Crippen molar-refractivity contribution in [2.75, 3.05) is 13.7 Å². The summed E-state index contributed by atoms with van der Waals surface area (Å²) in [5.41, 5.74) is 0.111. The van der Waals surface area contributed by atoms with Crippen LogP contribution in [0.3, 0.4) is 0 Å². The summed E-state index contributed by atoms with van der Waals surface area (Å²) in [6.45, 7) is 2.97. The van der Waals surface area contributed by atoms with Crippen molar-refractivity contribution >= 4 is 23.2 Å². The number of hydrogen-bond acceptors (Lipinski definition) is 6. The highest BCUT2D eigenvalue weighted by atomic mass is 32.1. The summed E-state index contributed by atoms with van der Waals surface area (Å²) in [4.78, 5) is 30.5. The van der Waals surface area contributed by atoms with E-state index in [1.54, 1.807) is 11.0 Å². The van der Waals surface area contributed by atoms with Crippen molar-refractivity contribution in [1.82, 2.24) is 9.88 Å². The molecular weight excluding hydrogens is 316 g/mol. The number of nitrogens with zero attached hydrogens (tertiary/aromatic N) is 2. The van der Waals surface area contributed by atoms with Crippen LogP contribution >= 0.6 is 11.3 Å². The smallest absolute Gasteiger partial charge is 0.360 e. The zero-order valence-electron chi connectivity index (χ0n) is 13.3. The van der Waals surface area contributed by atoms with Gasteiger partial charge in [0, 0.05) is 6.54 Å². The molecule has 0 aliphatic carbocycles. The minimum absolute atomic E-state index is 0.0473. The summed E-state index contributed by atoms with van der Waals surface area (Å²) in [6.07, 6.45) is 4.29. The van der Waals surface area contributed by atoms with Gasteiger partial charge in [-0.3, -0.25) is 4.79 Å². The third kappa shape index (κ3) is 4.66. The molecule has 2 rings (SSSR count). The van der Waals surface area contributed by atoms with E-state index in [1.165, 1.54) is 24.7 Å². The van der Waals surface area contributed by atoms with Gasteiger partial charge in [0.25, 0.3) is 5.91 Å². The molecule has 0 bridgehead atoms. The molecule has 2 aromatic rings. The standard InChI is InChI=1S/C16H20N2O4S/c1-3-4-5-8-18(15(19)13-7-6-9-23-13)10-14-17-12(11-22-14)16(20)21-2/h6-7,9,11H,3-5,8,10H2,1-2H3. The van der Waals surface area contributed by atoms with Crippen LogP contribution in [0.4, 0.5) is 0 Å². The molecule has 7 heteroatoms. The fourth-order valence-electron chi connectivity index (χ4n) is 2.11. The second-order valence-electron chi connectivity index (χ2n) is 5.03. The van der Waals surface area contributed by atoms with Crippen LogP contribution in [0.1, 0.15) is 52.2 Å². The molecule has 0 aliphatic rings. The zero-order valence-corrected chi connectivity index (χ0v) is 14.1. The Morgan fingerprint density at radius 1 is 1.39 bits per heavy atom. The Balaban J connectivity index is 2.08. The molecule has 2 heterocycles. The van der Waals surface area contributed by atoms with Crippen LogP contribution in [0, 0.1) is 0 Å². The molecule has 23 heavy (non-hydrogen) atoms. The number of methoxy groups -OCH3 is 1. The first-order valence-corrected chi connectivity index (χ1v) is 8.39.